The largest absolute Gasteiger partial charge is 0.468 e. The fourth-order valence-corrected chi connectivity index (χ4v) is 0.174. The minimum absolute atomic E-state index is 0.177. The molecule has 0 saturated carbocycles. The van der Waals surface area contributed by atoms with E-state index in [2.05, 4.69) is 17.1 Å². The van der Waals surface area contributed by atoms with Crippen LogP contribution in [-0.4, -0.2) is 19.6 Å². The van der Waals surface area contributed by atoms with E-state index < -0.39 is 0 Å². The van der Waals surface area contributed by atoms with Gasteiger partial charge in [0.15, 0.2) is 0 Å². The number of carbonyl (C=O) groups excluding carboxylic acids is 1. The van der Waals surface area contributed by atoms with E-state index in [-0.39, 0.29) is 12.5 Å². The lowest BCUT2D eigenvalue weighted by Gasteiger charge is -1.92. The predicted molar refractivity (Wildman–Crippen MR) is 25.4 cm³/mol. The van der Waals surface area contributed by atoms with Crippen LogP contribution in [0, 0.1) is 7.05 Å². The van der Waals surface area contributed by atoms with Gasteiger partial charge in [0.25, 0.3) is 0 Å². The van der Waals surface area contributed by atoms with Gasteiger partial charge < -0.3 is 10.1 Å². The molecule has 0 unspecified atom stereocenters. The van der Waals surface area contributed by atoms with Crippen molar-refractivity contribution >= 4 is 5.97 Å². The van der Waals surface area contributed by atoms with Gasteiger partial charge in [-0.1, -0.05) is 0 Å². The van der Waals surface area contributed by atoms with E-state index in [0.717, 1.165) is 0 Å². The van der Waals surface area contributed by atoms with E-state index in [0.29, 0.717) is 0 Å². The van der Waals surface area contributed by atoms with Crippen molar-refractivity contribution in [2.45, 2.75) is 0 Å². The van der Waals surface area contributed by atoms with Crippen LogP contribution in [0.15, 0.2) is 0 Å². The summed E-state index contributed by atoms with van der Waals surface area (Å²) >= 11 is 0. The van der Waals surface area contributed by atoms with Crippen molar-refractivity contribution in [1.29, 1.82) is 0 Å². The molecular formula is C4H8NO2. The number of nitrogens with one attached hydrogen (secondary N) is 1. The second-order valence-corrected chi connectivity index (χ2v) is 1.00. The molecule has 0 saturated heterocycles. The molecule has 0 amide bonds. The first-order chi connectivity index (χ1) is 3.31. The predicted octanol–water partition coefficient (Wildman–Crippen LogP) is -0.459. The fourth-order valence-electron chi connectivity index (χ4n) is 0.174. The number of esters is 1. The Morgan fingerprint density at radius 3 is 2.71 bits per heavy atom. The Morgan fingerprint density at radius 2 is 2.57 bits per heavy atom. The third kappa shape index (κ3) is 3.26. The van der Waals surface area contributed by atoms with E-state index in [1.54, 1.807) is 0 Å². The van der Waals surface area contributed by atoms with E-state index in [1.165, 1.54) is 7.11 Å². The molecule has 0 aliphatic rings. The summed E-state index contributed by atoms with van der Waals surface area (Å²) in [4.78, 5) is 10.1. The number of rotatable bonds is 2. The molecule has 1 N–H and O–H groups in total. The van der Waals surface area contributed by atoms with Crippen LogP contribution >= 0.6 is 0 Å². The normalized spacial score (nSPS) is 8.29. The summed E-state index contributed by atoms with van der Waals surface area (Å²) < 4.78 is 4.25. The van der Waals surface area contributed by atoms with Crippen molar-refractivity contribution in [2.75, 3.05) is 13.7 Å². The maximum Gasteiger partial charge on any atom is 0.319 e. The van der Waals surface area contributed by atoms with Crippen molar-refractivity contribution in [1.82, 2.24) is 5.32 Å². The number of methoxy groups -OCH3 is 1. The fraction of sp³-hybridized carbons (Fsp3) is 0.500. The monoisotopic (exact) mass is 102 g/mol. The minimum Gasteiger partial charge on any atom is -0.468 e. The van der Waals surface area contributed by atoms with Crippen LogP contribution in [-0.2, 0) is 9.53 Å². The van der Waals surface area contributed by atoms with Crippen LogP contribution in [0.5, 0.6) is 0 Å². The molecule has 7 heavy (non-hydrogen) atoms. The zero-order valence-corrected chi connectivity index (χ0v) is 4.23. The number of ether oxygens (including phenoxy) is 1. The van der Waals surface area contributed by atoms with Gasteiger partial charge in [-0.25, -0.2) is 0 Å². The Hall–Kier alpha value is -0.570. The molecule has 0 aromatic carbocycles. The number of hydrogen-bond acceptors (Lipinski definition) is 3. The molecule has 0 atom stereocenters. The molecule has 0 aromatic rings. The molecule has 0 aliphatic heterocycles. The molecule has 1 radical (unpaired) electrons. The van der Waals surface area contributed by atoms with E-state index in [9.17, 15) is 4.79 Å². The van der Waals surface area contributed by atoms with E-state index in [1.807, 2.05) is 0 Å². The summed E-state index contributed by atoms with van der Waals surface area (Å²) in [7, 11) is 4.56. The van der Waals surface area contributed by atoms with E-state index in [4.69, 9.17) is 0 Å². The molecule has 0 heterocycles. The summed E-state index contributed by atoms with van der Waals surface area (Å²) in [5, 5.41) is 2.39. The molecule has 0 aliphatic carbocycles. The van der Waals surface area contributed by atoms with Crippen LogP contribution in [0.3, 0.4) is 0 Å². The Kier molecular flexibility index (Phi) is 3.32. The number of hydrogen-bond donors (Lipinski definition) is 1. The molecule has 0 spiro atoms. The third-order valence-electron chi connectivity index (χ3n) is 0.497. The van der Waals surface area contributed by atoms with Gasteiger partial charge in [-0.2, -0.15) is 0 Å². The van der Waals surface area contributed by atoms with Crippen molar-refractivity contribution < 1.29 is 9.53 Å². The van der Waals surface area contributed by atoms with Gasteiger partial charge >= 0.3 is 5.97 Å². The van der Waals surface area contributed by atoms with Crippen molar-refractivity contribution in [3.8, 4) is 0 Å². The highest BCUT2D eigenvalue weighted by Crippen LogP contribution is 1.65. The third-order valence-corrected chi connectivity index (χ3v) is 0.497. The Bertz CT molecular complexity index is 62.7. The van der Waals surface area contributed by atoms with E-state index >= 15 is 0 Å². The average molecular weight is 102 g/mol. The average Bonchev–Trinajstić information content (AvgIpc) is 1.68. The first kappa shape index (κ1) is 6.43. The Balaban J connectivity index is 3.00. The summed E-state index contributed by atoms with van der Waals surface area (Å²) in [5.74, 6) is -0.296. The lowest BCUT2D eigenvalue weighted by molar-refractivity contribution is -0.139. The van der Waals surface area contributed by atoms with Gasteiger partial charge in [0.1, 0.15) is 0 Å². The van der Waals surface area contributed by atoms with Crippen molar-refractivity contribution in [3.05, 3.63) is 7.05 Å². The van der Waals surface area contributed by atoms with Crippen LogP contribution in [0.4, 0.5) is 0 Å². The molecule has 0 fully saturated rings. The van der Waals surface area contributed by atoms with Gasteiger partial charge in [0.2, 0.25) is 0 Å². The lowest BCUT2D eigenvalue weighted by atomic mass is 10.7. The first-order valence-electron chi connectivity index (χ1n) is 1.88. The molecule has 0 bridgehead atoms. The van der Waals surface area contributed by atoms with Gasteiger partial charge in [0, 0.05) is 7.05 Å². The topological polar surface area (TPSA) is 38.3 Å². The van der Waals surface area contributed by atoms with Crippen LogP contribution in [0.1, 0.15) is 0 Å². The highest BCUT2D eigenvalue weighted by molar-refractivity contribution is 5.71. The summed E-state index contributed by atoms with van der Waals surface area (Å²) in [6, 6.07) is 0. The second-order valence-electron chi connectivity index (χ2n) is 1.00. The summed E-state index contributed by atoms with van der Waals surface area (Å²) in [6.45, 7) is 0.177. The second kappa shape index (κ2) is 3.61. The van der Waals surface area contributed by atoms with Gasteiger partial charge in [-0.05, 0) is 0 Å². The van der Waals surface area contributed by atoms with Crippen molar-refractivity contribution in [3.63, 3.8) is 0 Å². The maximum atomic E-state index is 10.1. The molecule has 3 nitrogen and oxygen atoms in total. The van der Waals surface area contributed by atoms with Gasteiger partial charge in [0.05, 0.1) is 13.7 Å². The Labute approximate surface area is 42.7 Å². The summed E-state index contributed by atoms with van der Waals surface area (Å²) in [6.07, 6.45) is 0. The Morgan fingerprint density at radius 1 is 2.00 bits per heavy atom. The molecular weight excluding hydrogens is 94.0 g/mol. The van der Waals surface area contributed by atoms with Gasteiger partial charge in [-0.3, -0.25) is 4.79 Å². The van der Waals surface area contributed by atoms with Gasteiger partial charge in [-0.15, -0.1) is 0 Å². The first-order valence-corrected chi connectivity index (χ1v) is 1.88. The molecule has 0 rings (SSSR count). The minimum atomic E-state index is -0.296. The summed E-state index contributed by atoms with van der Waals surface area (Å²) in [5.41, 5.74) is 0. The zero-order chi connectivity index (χ0) is 5.70. The van der Waals surface area contributed by atoms with Crippen LogP contribution < -0.4 is 5.32 Å². The standard InChI is InChI=1S/C4H8NO2/c1-5-3-4(6)7-2/h5H,1,3H2,2H3. The van der Waals surface area contributed by atoms with Crippen LogP contribution in [0.2, 0.25) is 0 Å². The van der Waals surface area contributed by atoms with Crippen molar-refractivity contribution in [2.24, 2.45) is 0 Å². The zero-order valence-electron chi connectivity index (χ0n) is 4.23. The SMILES string of the molecule is [CH2]NCC(=O)OC. The number of carbonyl (C=O) groups is 1. The molecule has 3 heteroatoms. The lowest BCUT2D eigenvalue weighted by Crippen LogP contribution is -2.17. The quantitative estimate of drug-likeness (QED) is 0.479. The smallest absolute Gasteiger partial charge is 0.319 e. The van der Waals surface area contributed by atoms with Crippen LogP contribution in [0.25, 0.3) is 0 Å². The highest BCUT2D eigenvalue weighted by atomic mass is 16.5. The molecule has 41 valence electrons. The highest BCUT2D eigenvalue weighted by Gasteiger charge is 1.91. The molecule has 0 aromatic heterocycles. The maximum absolute atomic E-state index is 10.1.